The number of fused-ring (bicyclic) bond motifs is 5. The first-order valence-electron chi connectivity index (χ1n) is 13.7. The van der Waals surface area contributed by atoms with Gasteiger partial charge in [-0.1, -0.05) is 78.9 Å². The minimum absolute atomic E-state index is 0.0284. The zero-order chi connectivity index (χ0) is 31.0. The van der Waals surface area contributed by atoms with Crippen molar-refractivity contribution >= 4 is 34.8 Å². The molecule has 3 aliphatic rings. The smallest absolute Gasteiger partial charge is 0.352 e. The molecule has 44 heavy (non-hydrogen) atoms. The molecule has 2 aliphatic heterocycles. The number of Topliss-reactive ketones (excluding diaryl/α,β-unsaturated/α-hetero) is 3. The van der Waals surface area contributed by atoms with Gasteiger partial charge in [0.15, 0.2) is 17.3 Å². The number of nitro groups is 1. The summed E-state index contributed by atoms with van der Waals surface area (Å²) in [5, 5.41) is 11.6. The lowest BCUT2D eigenvalue weighted by Gasteiger charge is -2.37. The lowest BCUT2D eigenvalue weighted by Crippen LogP contribution is -2.48. The van der Waals surface area contributed by atoms with Gasteiger partial charge >= 0.3 is 6.18 Å². The SMILES string of the molecule is O=C(c1cccc([N+](=O)[O-])c1)[C@@H]1[C@@H](c2ccc(C(F)(F)F)cc2)C2(C(=O)c3ccccc3C2=O)C2C=Cc3ccccc3N21. The second kappa shape index (κ2) is 9.57. The second-order valence-electron chi connectivity index (χ2n) is 11.1. The Morgan fingerprint density at radius 1 is 0.841 bits per heavy atom. The third kappa shape index (κ3) is 3.73. The van der Waals surface area contributed by atoms with Crippen molar-refractivity contribution in [3.8, 4) is 0 Å². The van der Waals surface area contributed by atoms with E-state index in [4.69, 9.17) is 0 Å². The zero-order valence-electron chi connectivity index (χ0n) is 22.7. The van der Waals surface area contributed by atoms with E-state index >= 15 is 0 Å². The number of hydrogen-bond acceptors (Lipinski definition) is 6. The van der Waals surface area contributed by atoms with Crippen LogP contribution in [0.15, 0.2) is 103 Å². The highest BCUT2D eigenvalue weighted by Gasteiger charge is 2.71. The molecule has 1 fully saturated rings. The molecule has 7 rings (SSSR count). The Hall–Kier alpha value is -5.38. The highest BCUT2D eigenvalue weighted by Crippen LogP contribution is 2.61. The molecular formula is C34H21F3N2O5. The summed E-state index contributed by atoms with van der Waals surface area (Å²) in [5.74, 6) is -2.92. The normalized spacial score (nSPS) is 21.2. The minimum Gasteiger partial charge on any atom is -0.352 e. The van der Waals surface area contributed by atoms with Crippen LogP contribution in [0.3, 0.4) is 0 Å². The van der Waals surface area contributed by atoms with Gasteiger partial charge in [-0.2, -0.15) is 13.2 Å². The second-order valence-corrected chi connectivity index (χ2v) is 11.1. The molecule has 0 radical (unpaired) electrons. The summed E-state index contributed by atoms with van der Waals surface area (Å²) in [4.78, 5) is 56.5. The molecule has 218 valence electrons. The topological polar surface area (TPSA) is 97.6 Å². The molecule has 4 aromatic rings. The predicted octanol–water partition coefficient (Wildman–Crippen LogP) is 6.93. The molecule has 7 nitrogen and oxygen atoms in total. The Balaban J connectivity index is 1.53. The number of ketones is 3. The van der Waals surface area contributed by atoms with Gasteiger partial charge in [-0.3, -0.25) is 24.5 Å². The van der Waals surface area contributed by atoms with Crippen LogP contribution >= 0.6 is 0 Å². The van der Waals surface area contributed by atoms with Gasteiger partial charge in [0.2, 0.25) is 0 Å². The third-order valence-electron chi connectivity index (χ3n) is 8.92. The fourth-order valence-corrected chi connectivity index (χ4v) is 7.11. The molecule has 1 aliphatic carbocycles. The van der Waals surface area contributed by atoms with E-state index in [0.29, 0.717) is 11.3 Å². The highest BCUT2D eigenvalue weighted by molar-refractivity contribution is 6.32. The van der Waals surface area contributed by atoms with Crippen molar-refractivity contribution < 1.29 is 32.5 Å². The third-order valence-corrected chi connectivity index (χ3v) is 8.92. The molecule has 1 saturated heterocycles. The van der Waals surface area contributed by atoms with E-state index < -0.39 is 57.4 Å². The summed E-state index contributed by atoms with van der Waals surface area (Å²) in [7, 11) is 0. The molecule has 0 bridgehead atoms. The summed E-state index contributed by atoms with van der Waals surface area (Å²) in [6, 6.07) is 20.5. The fraction of sp³-hybridized carbons (Fsp3) is 0.147. The number of rotatable bonds is 4. The quantitative estimate of drug-likeness (QED) is 0.110. The molecule has 3 atom stereocenters. The molecule has 0 saturated carbocycles. The number of hydrogen-bond donors (Lipinski definition) is 0. The molecule has 0 aromatic heterocycles. The van der Waals surface area contributed by atoms with Gasteiger partial charge in [0.25, 0.3) is 5.69 Å². The Morgan fingerprint density at radius 2 is 1.48 bits per heavy atom. The van der Waals surface area contributed by atoms with E-state index in [1.165, 1.54) is 42.5 Å². The molecular weight excluding hydrogens is 573 g/mol. The number of anilines is 1. The van der Waals surface area contributed by atoms with Crippen molar-refractivity contribution in [3.05, 3.63) is 147 Å². The van der Waals surface area contributed by atoms with Gasteiger partial charge in [-0.05, 0) is 29.3 Å². The molecule has 1 spiro atoms. The van der Waals surface area contributed by atoms with E-state index in [9.17, 15) is 37.7 Å². The number of non-ortho nitro benzene ring substituents is 1. The van der Waals surface area contributed by atoms with Crippen LogP contribution in [0, 0.1) is 15.5 Å². The number of alkyl halides is 3. The maximum Gasteiger partial charge on any atom is 0.416 e. The molecule has 1 unspecified atom stereocenters. The molecule has 10 heteroatoms. The van der Waals surface area contributed by atoms with Crippen LogP contribution in [0.5, 0.6) is 0 Å². The number of para-hydroxylation sites is 1. The first kappa shape index (κ1) is 27.5. The average molecular weight is 595 g/mol. The van der Waals surface area contributed by atoms with E-state index in [1.54, 1.807) is 47.4 Å². The summed E-state index contributed by atoms with van der Waals surface area (Å²) < 4.78 is 40.8. The van der Waals surface area contributed by atoms with Crippen molar-refractivity contribution in [3.63, 3.8) is 0 Å². The van der Waals surface area contributed by atoms with Crippen molar-refractivity contribution in [2.45, 2.75) is 24.2 Å². The van der Waals surface area contributed by atoms with Crippen LogP contribution in [-0.2, 0) is 6.18 Å². The minimum atomic E-state index is -4.64. The Bertz CT molecular complexity index is 1900. The molecule has 4 aromatic carbocycles. The van der Waals surface area contributed by atoms with Crippen molar-refractivity contribution in [2.24, 2.45) is 5.41 Å². The fourth-order valence-electron chi connectivity index (χ4n) is 7.11. The average Bonchev–Trinajstić information content (AvgIpc) is 3.46. The predicted molar refractivity (Wildman–Crippen MR) is 155 cm³/mol. The van der Waals surface area contributed by atoms with Crippen molar-refractivity contribution in [1.29, 1.82) is 0 Å². The Kier molecular flexibility index (Phi) is 5.97. The lowest BCUT2D eigenvalue weighted by atomic mass is 9.64. The first-order valence-corrected chi connectivity index (χ1v) is 13.7. The maximum absolute atomic E-state index is 14.6. The Morgan fingerprint density at radius 3 is 2.11 bits per heavy atom. The number of nitro benzene ring substituents is 1. The van der Waals surface area contributed by atoms with E-state index in [2.05, 4.69) is 0 Å². The van der Waals surface area contributed by atoms with Gasteiger partial charge < -0.3 is 4.90 Å². The van der Waals surface area contributed by atoms with Crippen molar-refractivity contribution in [2.75, 3.05) is 4.90 Å². The van der Waals surface area contributed by atoms with Gasteiger partial charge in [0.1, 0.15) is 11.5 Å². The van der Waals surface area contributed by atoms with E-state index in [-0.39, 0.29) is 27.9 Å². The van der Waals surface area contributed by atoms with Gasteiger partial charge in [0.05, 0.1) is 16.5 Å². The van der Waals surface area contributed by atoms with Gasteiger partial charge in [0, 0.05) is 40.4 Å². The van der Waals surface area contributed by atoms with Crippen LogP contribution in [0.2, 0.25) is 0 Å². The van der Waals surface area contributed by atoms with E-state index in [1.807, 2.05) is 6.07 Å². The van der Waals surface area contributed by atoms with Crippen LogP contribution in [0.4, 0.5) is 24.5 Å². The van der Waals surface area contributed by atoms with E-state index in [0.717, 1.165) is 18.2 Å². The van der Waals surface area contributed by atoms with Gasteiger partial charge in [-0.15, -0.1) is 0 Å². The number of benzene rings is 4. The summed E-state index contributed by atoms with van der Waals surface area (Å²) in [6.07, 6.45) is -1.17. The van der Waals surface area contributed by atoms with Gasteiger partial charge in [-0.25, -0.2) is 0 Å². The number of halogens is 3. The Labute approximate surface area is 248 Å². The first-order chi connectivity index (χ1) is 21.0. The summed E-state index contributed by atoms with van der Waals surface area (Å²) in [5.41, 5.74) is -1.40. The van der Waals surface area contributed by atoms with Crippen LogP contribution in [-0.4, -0.2) is 34.4 Å². The zero-order valence-corrected chi connectivity index (χ0v) is 22.7. The van der Waals surface area contributed by atoms with Crippen LogP contribution in [0.25, 0.3) is 6.08 Å². The number of carbonyl (C=O) groups excluding carboxylic acids is 3. The summed E-state index contributed by atoms with van der Waals surface area (Å²) >= 11 is 0. The summed E-state index contributed by atoms with van der Waals surface area (Å²) in [6.45, 7) is 0. The van der Waals surface area contributed by atoms with Crippen LogP contribution < -0.4 is 4.90 Å². The lowest BCUT2D eigenvalue weighted by molar-refractivity contribution is -0.384. The standard InChI is InChI=1S/C34H21F3N2O5/c35-34(36,37)22-15-12-20(13-16-22)28-29(30(40)21-7-5-8-23(18-21)39(43)44)38-26-11-4-1-6-19(26)14-17-27(38)33(28)31(41)24-9-2-3-10-25(24)32(33)42/h1-18,27-29H/t27?,28-,29+/m1/s1. The maximum atomic E-state index is 14.6. The molecule has 2 heterocycles. The van der Waals surface area contributed by atoms with Crippen molar-refractivity contribution in [1.82, 2.24) is 0 Å². The molecule has 0 N–H and O–H groups in total. The monoisotopic (exact) mass is 594 g/mol. The molecule has 0 amide bonds. The number of nitrogens with zero attached hydrogens (tertiary/aromatic N) is 2. The largest absolute Gasteiger partial charge is 0.416 e. The number of carbonyl (C=O) groups is 3. The van der Waals surface area contributed by atoms with Crippen LogP contribution in [0.1, 0.15) is 53.7 Å². The highest BCUT2D eigenvalue weighted by atomic mass is 19.4.